The van der Waals surface area contributed by atoms with E-state index in [9.17, 15) is 4.79 Å². The number of carbonyl (C=O) groups is 1. The van der Waals surface area contributed by atoms with Crippen LogP contribution in [-0.2, 0) is 17.8 Å². The van der Waals surface area contributed by atoms with Gasteiger partial charge in [-0.15, -0.1) is 24.8 Å². The molecule has 2 aromatic rings. The lowest BCUT2D eigenvalue weighted by Crippen LogP contribution is -2.35. The molecule has 0 aliphatic carbocycles. The number of carbonyl (C=O) groups excluding carboxylic acids is 1. The molecule has 2 aliphatic heterocycles. The molecule has 0 spiro atoms. The van der Waals surface area contributed by atoms with Gasteiger partial charge in [0, 0.05) is 57.3 Å². The zero-order chi connectivity index (χ0) is 18.1. The topological polar surface area (TPSA) is 50.2 Å². The second-order valence-electron chi connectivity index (χ2n) is 7.57. The highest BCUT2D eigenvalue weighted by atomic mass is 35.5. The maximum absolute atomic E-state index is 13.1. The van der Waals surface area contributed by atoms with Crippen molar-refractivity contribution < 1.29 is 4.79 Å². The van der Waals surface area contributed by atoms with Crippen LogP contribution in [0, 0.1) is 18.8 Å². The Bertz CT molecular complexity index is 794. The fourth-order valence-electron chi connectivity index (χ4n) is 4.71. The molecule has 2 aliphatic rings. The van der Waals surface area contributed by atoms with Gasteiger partial charge in [0.1, 0.15) is 5.82 Å². The van der Waals surface area contributed by atoms with Crippen molar-refractivity contribution in [1.29, 1.82) is 0 Å². The van der Waals surface area contributed by atoms with Crippen LogP contribution in [0.2, 0.25) is 0 Å². The van der Waals surface area contributed by atoms with Crippen LogP contribution in [0.1, 0.15) is 36.3 Å². The van der Waals surface area contributed by atoms with Crippen molar-refractivity contribution in [2.45, 2.75) is 39.3 Å². The first kappa shape index (κ1) is 22.7. The summed E-state index contributed by atoms with van der Waals surface area (Å²) in [6.45, 7) is 7.89. The first-order chi connectivity index (χ1) is 12.7. The summed E-state index contributed by atoms with van der Waals surface area (Å²) in [6, 6.07) is 8.74. The van der Waals surface area contributed by atoms with Crippen molar-refractivity contribution in [2.75, 3.05) is 19.6 Å². The van der Waals surface area contributed by atoms with Crippen molar-refractivity contribution in [3.05, 3.63) is 53.6 Å². The van der Waals surface area contributed by atoms with Gasteiger partial charge in [-0.2, -0.15) is 0 Å². The molecule has 154 valence electrons. The number of imidazole rings is 1. The van der Waals surface area contributed by atoms with E-state index < -0.39 is 0 Å². The number of fused-ring (bicyclic) bond motifs is 1. The van der Waals surface area contributed by atoms with Gasteiger partial charge in [-0.05, 0) is 24.0 Å². The molecule has 7 heteroatoms. The number of hydrogen-bond acceptors (Lipinski definition) is 3. The van der Waals surface area contributed by atoms with E-state index in [0.717, 1.165) is 31.9 Å². The molecule has 28 heavy (non-hydrogen) atoms. The van der Waals surface area contributed by atoms with E-state index in [1.54, 1.807) is 0 Å². The first-order valence-corrected chi connectivity index (χ1v) is 9.74. The molecule has 2 fully saturated rings. The summed E-state index contributed by atoms with van der Waals surface area (Å²) >= 11 is 0. The van der Waals surface area contributed by atoms with Crippen LogP contribution >= 0.6 is 24.8 Å². The van der Waals surface area contributed by atoms with Crippen LogP contribution < -0.4 is 5.32 Å². The van der Waals surface area contributed by atoms with Crippen LogP contribution in [-0.4, -0.2) is 40.0 Å². The van der Waals surface area contributed by atoms with Gasteiger partial charge in [-0.25, -0.2) is 4.98 Å². The Labute approximate surface area is 179 Å². The molecule has 3 atom stereocenters. The lowest BCUT2D eigenvalue weighted by atomic mass is 9.87. The quantitative estimate of drug-likeness (QED) is 0.799. The number of halogens is 2. The van der Waals surface area contributed by atoms with Gasteiger partial charge < -0.3 is 14.8 Å². The van der Waals surface area contributed by atoms with Crippen LogP contribution in [0.3, 0.4) is 0 Å². The van der Waals surface area contributed by atoms with E-state index in [1.165, 1.54) is 11.1 Å². The van der Waals surface area contributed by atoms with E-state index in [-0.39, 0.29) is 36.8 Å². The van der Waals surface area contributed by atoms with E-state index in [2.05, 4.69) is 57.9 Å². The molecule has 2 saturated heterocycles. The van der Waals surface area contributed by atoms with Gasteiger partial charge in [0.2, 0.25) is 5.91 Å². The number of rotatable bonds is 5. The van der Waals surface area contributed by atoms with Gasteiger partial charge in [0.25, 0.3) is 0 Å². The molecule has 4 rings (SSSR count). The zero-order valence-corrected chi connectivity index (χ0v) is 18.1. The van der Waals surface area contributed by atoms with E-state index in [1.807, 2.05) is 12.4 Å². The fourth-order valence-corrected chi connectivity index (χ4v) is 4.71. The molecule has 0 bridgehead atoms. The summed E-state index contributed by atoms with van der Waals surface area (Å²) in [6.07, 6.45) is 5.24. The zero-order valence-electron chi connectivity index (χ0n) is 16.5. The molecule has 0 unspecified atom stereocenters. The van der Waals surface area contributed by atoms with E-state index in [0.29, 0.717) is 24.8 Å². The van der Waals surface area contributed by atoms with Crippen molar-refractivity contribution in [2.24, 2.45) is 11.8 Å². The van der Waals surface area contributed by atoms with Gasteiger partial charge in [0.05, 0.1) is 6.04 Å². The Morgan fingerprint density at radius 1 is 1.25 bits per heavy atom. The molecular formula is C21H30Cl2N4O. The van der Waals surface area contributed by atoms with Crippen molar-refractivity contribution in [3.8, 4) is 0 Å². The summed E-state index contributed by atoms with van der Waals surface area (Å²) < 4.78 is 2.11. The number of aryl methyl sites for hydroxylation is 3. The standard InChI is InChI=1S/C21H28N4O.2ClH/c1-3-19-23-9-11-24(19)10-8-20(26)25-14-16-12-22-13-18(16)21(25)17-7-5-4-6-15(17)2;;/h4-7,9,11,16,18,21-22H,3,8,10,12-14H2,1-2H3;2*1H/t16-,18-,21+;;/m0../s1. The number of hydrogen-bond donors (Lipinski definition) is 1. The van der Waals surface area contributed by atoms with Gasteiger partial charge in [0.15, 0.2) is 0 Å². The molecule has 1 N–H and O–H groups in total. The van der Waals surface area contributed by atoms with Crippen molar-refractivity contribution in [3.63, 3.8) is 0 Å². The van der Waals surface area contributed by atoms with Gasteiger partial charge in [-0.1, -0.05) is 31.2 Å². The highest BCUT2D eigenvalue weighted by Gasteiger charge is 2.46. The average molecular weight is 425 g/mol. The molecule has 0 radical (unpaired) electrons. The van der Waals surface area contributed by atoms with Crippen LogP contribution in [0.15, 0.2) is 36.7 Å². The molecule has 0 saturated carbocycles. The lowest BCUT2D eigenvalue weighted by molar-refractivity contribution is -0.132. The summed E-state index contributed by atoms with van der Waals surface area (Å²) in [5.41, 5.74) is 2.60. The van der Waals surface area contributed by atoms with Gasteiger partial charge in [-0.3, -0.25) is 4.79 Å². The molecule has 3 heterocycles. The Kier molecular flexibility index (Phi) is 7.93. The monoisotopic (exact) mass is 424 g/mol. The second-order valence-corrected chi connectivity index (χ2v) is 7.57. The van der Waals surface area contributed by atoms with Crippen molar-refractivity contribution in [1.82, 2.24) is 19.8 Å². The number of amides is 1. The van der Waals surface area contributed by atoms with Gasteiger partial charge >= 0.3 is 0 Å². The number of nitrogens with zero attached hydrogens (tertiary/aromatic N) is 3. The molecule has 5 nitrogen and oxygen atoms in total. The third-order valence-electron chi connectivity index (χ3n) is 6.08. The van der Waals surface area contributed by atoms with E-state index in [4.69, 9.17) is 0 Å². The number of aromatic nitrogens is 2. The highest BCUT2D eigenvalue weighted by molar-refractivity contribution is 5.85. The first-order valence-electron chi connectivity index (χ1n) is 9.74. The second kappa shape index (κ2) is 9.77. The predicted octanol–water partition coefficient (Wildman–Crippen LogP) is 3.41. The van der Waals surface area contributed by atoms with Crippen LogP contribution in [0.25, 0.3) is 0 Å². The third-order valence-corrected chi connectivity index (χ3v) is 6.08. The van der Waals surface area contributed by atoms with E-state index >= 15 is 0 Å². The maximum Gasteiger partial charge on any atom is 0.224 e. The fraction of sp³-hybridized carbons (Fsp3) is 0.524. The Balaban J connectivity index is 0.00000140. The normalized spacial score (nSPS) is 23.1. The van der Waals surface area contributed by atoms with Crippen molar-refractivity contribution >= 4 is 30.7 Å². The Morgan fingerprint density at radius 3 is 2.79 bits per heavy atom. The minimum atomic E-state index is 0. The summed E-state index contributed by atoms with van der Waals surface area (Å²) in [7, 11) is 0. The SMILES string of the molecule is CCc1nccn1CCC(=O)N1C[C@@H]2CNC[C@@H]2[C@H]1c1ccccc1C.Cl.Cl. The minimum Gasteiger partial charge on any atom is -0.335 e. The number of likely N-dealkylation sites (tertiary alicyclic amines) is 1. The average Bonchev–Trinajstić information content (AvgIpc) is 3.35. The van der Waals surface area contributed by atoms with Crippen LogP contribution in [0.5, 0.6) is 0 Å². The summed E-state index contributed by atoms with van der Waals surface area (Å²) in [5.74, 6) is 2.42. The summed E-state index contributed by atoms with van der Waals surface area (Å²) in [5, 5.41) is 3.52. The highest BCUT2D eigenvalue weighted by Crippen LogP contribution is 2.43. The largest absolute Gasteiger partial charge is 0.335 e. The Hall–Kier alpha value is -1.56. The number of nitrogens with one attached hydrogen (secondary N) is 1. The molecule has 1 aromatic heterocycles. The molecular weight excluding hydrogens is 395 g/mol. The number of benzene rings is 1. The maximum atomic E-state index is 13.1. The van der Waals surface area contributed by atoms with Crippen LogP contribution in [0.4, 0.5) is 0 Å². The summed E-state index contributed by atoms with van der Waals surface area (Å²) in [4.78, 5) is 19.7. The third kappa shape index (κ3) is 4.22. The Morgan fingerprint density at radius 2 is 2.04 bits per heavy atom. The minimum absolute atomic E-state index is 0. The molecule has 1 amide bonds. The predicted molar refractivity (Wildman–Crippen MR) is 116 cm³/mol. The molecule has 1 aromatic carbocycles. The lowest BCUT2D eigenvalue weighted by Gasteiger charge is -2.30. The smallest absolute Gasteiger partial charge is 0.224 e.